The first-order valence-corrected chi connectivity index (χ1v) is 12.2. The van der Waals surface area contributed by atoms with Crippen molar-refractivity contribution in [2.75, 3.05) is 6.61 Å². The van der Waals surface area contributed by atoms with Crippen LogP contribution in [0.4, 0.5) is 0 Å². The van der Waals surface area contributed by atoms with Crippen molar-refractivity contribution in [1.29, 1.82) is 0 Å². The first-order valence-electron chi connectivity index (χ1n) is 9.36. The number of hydrogen-bond donors (Lipinski definition) is 1. The van der Waals surface area contributed by atoms with E-state index in [-0.39, 0.29) is 9.79 Å². The summed E-state index contributed by atoms with van der Waals surface area (Å²) in [6.07, 6.45) is -2.75. The molecule has 2 rings (SSSR count). The number of aliphatic hydroxyl groups is 1. The van der Waals surface area contributed by atoms with E-state index in [4.69, 9.17) is 8.37 Å². The van der Waals surface area contributed by atoms with Crippen LogP contribution >= 0.6 is 0 Å². The fourth-order valence-corrected chi connectivity index (χ4v) is 4.57. The van der Waals surface area contributed by atoms with Crippen molar-refractivity contribution in [2.24, 2.45) is 5.41 Å². The first-order chi connectivity index (χ1) is 13.7. The van der Waals surface area contributed by atoms with E-state index in [1.165, 1.54) is 24.3 Å². The maximum absolute atomic E-state index is 12.7. The number of aliphatic hydroxyl groups excluding tert-OH is 1. The zero-order chi connectivity index (χ0) is 22.7. The molecule has 0 amide bonds. The molecule has 166 valence electrons. The predicted molar refractivity (Wildman–Crippen MR) is 113 cm³/mol. The molecule has 1 N–H and O–H groups in total. The van der Waals surface area contributed by atoms with Gasteiger partial charge >= 0.3 is 0 Å². The van der Waals surface area contributed by atoms with Crippen LogP contribution in [0.3, 0.4) is 0 Å². The van der Waals surface area contributed by atoms with Crippen LogP contribution in [0.2, 0.25) is 0 Å². The van der Waals surface area contributed by atoms with Gasteiger partial charge in [-0.15, -0.1) is 0 Å². The van der Waals surface area contributed by atoms with Crippen LogP contribution in [-0.2, 0) is 28.6 Å². The highest BCUT2D eigenvalue weighted by molar-refractivity contribution is 7.87. The van der Waals surface area contributed by atoms with Gasteiger partial charge in [0.15, 0.2) is 0 Å². The molecule has 2 aromatic rings. The quantitative estimate of drug-likeness (QED) is 0.608. The number of benzene rings is 2. The van der Waals surface area contributed by atoms with Gasteiger partial charge in [-0.05, 0) is 43.5 Å². The average molecular weight is 457 g/mol. The molecule has 2 aromatic carbocycles. The Morgan fingerprint density at radius 1 is 0.800 bits per heavy atom. The molecule has 30 heavy (non-hydrogen) atoms. The molecule has 0 aliphatic heterocycles. The summed E-state index contributed by atoms with van der Waals surface area (Å²) in [5.74, 6) is 0. The van der Waals surface area contributed by atoms with E-state index in [1.807, 2.05) is 13.8 Å². The summed E-state index contributed by atoms with van der Waals surface area (Å²) in [6, 6.07) is 12.0. The monoisotopic (exact) mass is 456 g/mol. The van der Waals surface area contributed by atoms with E-state index < -0.39 is 44.5 Å². The molecule has 0 aliphatic rings. The molecule has 0 saturated heterocycles. The predicted octanol–water partition coefficient (Wildman–Crippen LogP) is 3.19. The summed E-state index contributed by atoms with van der Waals surface area (Å²) < 4.78 is 60.6. The second-order valence-electron chi connectivity index (χ2n) is 8.26. The highest BCUT2D eigenvalue weighted by atomic mass is 32.2. The third kappa shape index (κ3) is 6.36. The molecular formula is C21H28O7S2. The second kappa shape index (κ2) is 9.15. The van der Waals surface area contributed by atoms with Gasteiger partial charge < -0.3 is 5.11 Å². The molecular weight excluding hydrogens is 428 g/mol. The Balaban J connectivity index is 2.27. The van der Waals surface area contributed by atoms with Crippen molar-refractivity contribution in [3.63, 3.8) is 0 Å². The van der Waals surface area contributed by atoms with Gasteiger partial charge in [0, 0.05) is 0 Å². The van der Waals surface area contributed by atoms with Gasteiger partial charge in [0.25, 0.3) is 20.2 Å². The van der Waals surface area contributed by atoms with E-state index in [0.29, 0.717) is 0 Å². The molecule has 0 aromatic heterocycles. The van der Waals surface area contributed by atoms with Crippen molar-refractivity contribution in [3.05, 3.63) is 59.7 Å². The van der Waals surface area contributed by atoms with Crippen LogP contribution < -0.4 is 0 Å². The summed E-state index contributed by atoms with van der Waals surface area (Å²) >= 11 is 0. The SMILES string of the molecule is Cc1ccc(S(=O)(=O)OCC(OS(=O)(=O)c2ccc(C)cc2)C(O)C(C)(C)C)cc1. The highest BCUT2D eigenvalue weighted by Crippen LogP contribution is 2.27. The topological polar surface area (TPSA) is 107 Å². The van der Waals surface area contributed by atoms with Gasteiger partial charge in [-0.3, -0.25) is 8.37 Å². The van der Waals surface area contributed by atoms with E-state index in [2.05, 4.69) is 0 Å². The minimum absolute atomic E-state index is 0.0708. The third-order valence-electron chi connectivity index (χ3n) is 4.50. The van der Waals surface area contributed by atoms with Crippen molar-refractivity contribution in [1.82, 2.24) is 0 Å². The minimum Gasteiger partial charge on any atom is -0.390 e. The van der Waals surface area contributed by atoms with Crippen LogP contribution in [0.25, 0.3) is 0 Å². The Hall–Kier alpha value is -1.78. The summed E-state index contributed by atoms with van der Waals surface area (Å²) in [4.78, 5) is -0.168. The summed E-state index contributed by atoms with van der Waals surface area (Å²) in [6.45, 7) is 8.01. The van der Waals surface area contributed by atoms with Crippen LogP contribution in [0.15, 0.2) is 58.3 Å². The summed E-state index contributed by atoms with van der Waals surface area (Å²) in [5.41, 5.74) is 0.958. The zero-order valence-corrected chi connectivity index (χ0v) is 19.3. The van der Waals surface area contributed by atoms with Crippen LogP contribution in [0, 0.1) is 19.3 Å². The standard InChI is InChI=1S/C21H28O7S2/c1-15-6-10-17(11-7-15)29(23,24)27-14-19(20(22)21(3,4)5)28-30(25,26)18-12-8-16(2)9-13-18/h6-13,19-20,22H,14H2,1-5H3. The van der Waals surface area contributed by atoms with Crippen LogP contribution in [0.5, 0.6) is 0 Å². The first kappa shape index (κ1) is 24.5. The lowest BCUT2D eigenvalue weighted by molar-refractivity contribution is -0.0452. The molecule has 0 fully saturated rings. The Morgan fingerprint density at radius 3 is 1.60 bits per heavy atom. The summed E-state index contributed by atoms with van der Waals surface area (Å²) in [5, 5.41) is 10.6. The molecule has 0 aliphatic carbocycles. The van der Waals surface area contributed by atoms with Gasteiger partial charge in [-0.1, -0.05) is 56.2 Å². The van der Waals surface area contributed by atoms with Gasteiger partial charge in [-0.25, -0.2) is 0 Å². The van der Waals surface area contributed by atoms with Crippen molar-refractivity contribution >= 4 is 20.2 Å². The Morgan fingerprint density at radius 2 is 1.20 bits per heavy atom. The maximum atomic E-state index is 12.7. The zero-order valence-electron chi connectivity index (χ0n) is 17.7. The van der Waals surface area contributed by atoms with Crippen LogP contribution in [-0.4, -0.2) is 40.8 Å². The third-order valence-corrected chi connectivity index (χ3v) is 7.14. The summed E-state index contributed by atoms with van der Waals surface area (Å²) in [7, 11) is -8.42. The fourth-order valence-electron chi connectivity index (χ4n) is 2.58. The van der Waals surface area contributed by atoms with E-state index >= 15 is 0 Å². The lowest BCUT2D eigenvalue weighted by Crippen LogP contribution is -2.43. The Bertz CT molecular complexity index is 1050. The van der Waals surface area contributed by atoms with Gasteiger partial charge in [-0.2, -0.15) is 16.8 Å². The van der Waals surface area contributed by atoms with Crippen LogP contribution in [0.1, 0.15) is 31.9 Å². The highest BCUT2D eigenvalue weighted by Gasteiger charge is 2.36. The van der Waals surface area contributed by atoms with Gasteiger partial charge in [0.1, 0.15) is 6.10 Å². The molecule has 0 radical (unpaired) electrons. The average Bonchev–Trinajstić information content (AvgIpc) is 2.64. The van der Waals surface area contributed by atoms with Crippen molar-refractivity contribution < 1.29 is 30.3 Å². The van der Waals surface area contributed by atoms with E-state index in [1.54, 1.807) is 45.0 Å². The molecule has 0 spiro atoms. The minimum atomic E-state index is -4.25. The molecule has 9 heteroatoms. The Labute approximate surface area is 178 Å². The van der Waals surface area contributed by atoms with Crippen molar-refractivity contribution in [2.45, 2.75) is 56.6 Å². The van der Waals surface area contributed by atoms with Gasteiger partial charge in [0.2, 0.25) is 0 Å². The second-order valence-corrected chi connectivity index (χ2v) is 11.5. The lowest BCUT2D eigenvalue weighted by Gasteiger charge is -2.32. The van der Waals surface area contributed by atoms with E-state index in [0.717, 1.165) is 11.1 Å². The molecule has 0 bridgehead atoms. The molecule has 0 heterocycles. The molecule has 2 atom stereocenters. The van der Waals surface area contributed by atoms with Gasteiger partial charge in [0.05, 0.1) is 22.5 Å². The number of hydrogen-bond acceptors (Lipinski definition) is 7. The fraction of sp³-hybridized carbons (Fsp3) is 0.429. The Kier molecular flexibility index (Phi) is 7.47. The normalized spacial score (nSPS) is 15.0. The smallest absolute Gasteiger partial charge is 0.297 e. The molecule has 7 nitrogen and oxygen atoms in total. The molecule has 0 saturated carbocycles. The lowest BCUT2D eigenvalue weighted by atomic mass is 9.86. The molecule has 2 unspecified atom stereocenters. The number of aryl methyl sites for hydroxylation is 2. The largest absolute Gasteiger partial charge is 0.390 e. The van der Waals surface area contributed by atoms with Crippen molar-refractivity contribution in [3.8, 4) is 0 Å². The maximum Gasteiger partial charge on any atom is 0.297 e. The number of rotatable bonds is 8. The van der Waals surface area contributed by atoms with E-state index in [9.17, 15) is 21.9 Å².